The lowest BCUT2D eigenvalue weighted by molar-refractivity contribution is 1.25. The molecule has 0 amide bonds. The first-order valence-electron chi connectivity index (χ1n) is 22.5. The van der Waals surface area contributed by atoms with E-state index in [1.807, 2.05) is 36.4 Å². The van der Waals surface area contributed by atoms with Gasteiger partial charge in [-0.05, 0) is 153 Å². The zero-order chi connectivity index (χ0) is 45.3. The van der Waals surface area contributed by atoms with Gasteiger partial charge in [0.15, 0.2) is 0 Å². The molecule has 0 aliphatic rings. The molecule has 10 aromatic carbocycles. The van der Waals surface area contributed by atoms with Crippen molar-refractivity contribution < 1.29 is 0 Å². The highest BCUT2D eigenvalue weighted by Crippen LogP contribution is 2.39. The largest absolute Gasteiger partial charge is 0.0622 e. The van der Waals surface area contributed by atoms with Crippen molar-refractivity contribution in [3.8, 4) is 58.5 Å². The smallest absolute Gasteiger partial charge is 0.0406 e. The third-order valence-corrected chi connectivity index (χ3v) is 12.9. The van der Waals surface area contributed by atoms with E-state index in [1.165, 1.54) is 44.5 Å². The molecule has 310 valence electrons. The SMILES string of the molecule is Cc1cc(C)c(-c2c(C)cc(C)c(C#Cc3c4ccccc4c(C#Cc4ccccc4)c4ccccc34)c2C)c(C)c1C#Cc1c2ccccc2c(C#Cc2ccccc2)c2ccccc12. The van der Waals surface area contributed by atoms with Crippen LogP contribution in [-0.2, 0) is 0 Å². The molecule has 0 nitrogen and oxygen atoms in total. The number of rotatable bonds is 1. The van der Waals surface area contributed by atoms with Crippen molar-refractivity contribution in [1.82, 2.24) is 0 Å². The van der Waals surface area contributed by atoms with Crippen molar-refractivity contribution in [3.63, 3.8) is 0 Å². The highest BCUT2D eigenvalue weighted by molar-refractivity contribution is 6.11. The van der Waals surface area contributed by atoms with E-state index >= 15 is 0 Å². The van der Waals surface area contributed by atoms with Crippen LogP contribution in [0.1, 0.15) is 77.9 Å². The Morgan fingerprint density at radius 1 is 0.227 bits per heavy atom. The third kappa shape index (κ3) is 7.57. The number of hydrogen-bond acceptors (Lipinski definition) is 0. The summed E-state index contributed by atoms with van der Waals surface area (Å²) in [6.07, 6.45) is 0. The molecule has 0 heteroatoms. The lowest BCUT2D eigenvalue weighted by Crippen LogP contribution is -2.02. The minimum atomic E-state index is 0.992. The summed E-state index contributed by atoms with van der Waals surface area (Å²) in [4.78, 5) is 0. The van der Waals surface area contributed by atoms with E-state index in [4.69, 9.17) is 0 Å². The molecule has 10 aromatic rings. The average Bonchev–Trinajstić information content (AvgIpc) is 3.34. The highest BCUT2D eigenvalue weighted by Gasteiger charge is 2.19. The Bertz CT molecular complexity index is 3500. The van der Waals surface area contributed by atoms with Crippen LogP contribution in [0.25, 0.3) is 54.2 Å². The van der Waals surface area contributed by atoms with Gasteiger partial charge in [-0.2, -0.15) is 0 Å². The van der Waals surface area contributed by atoms with Crippen LogP contribution in [0.15, 0.2) is 170 Å². The predicted molar refractivity (Wildman–Crippen MR) is 280 cm³/mol. The van der Waals surface area contributed by atoms with Crippen LogP contribution >= 0.6 is 0 Å². The molecule has 0 atom stereocenters. The van der Waals surface area contributed by atoms with Gasteiger partial charge in [-0.15, -0.1) is 0 Å². The number of fused-ring (bicyclic) bond motifs is 4. The summed E-state index contributed by atoms with van der Waals surface area (Å²) in [5.41, 5.74) is 17.8. The van der Waals surface area contributed by atoms with Crippen molar-refractivity contribution in [3.05, 3.63) is 248 Å². The first kappa shape index (κ1) is 41.5. The second kappa shape index (κ2) is 17.6. The summed E-state index contributed by atoms with van der Waals surface area (Å²) >= 11 is 0. The van der Waals surface area contributed by atoms with E-state index in [2.05, 4.69) is 222 Å². The van der Waals surface area contributed by atoms with Crippen molar-refractivity contribution in [2.75, 3.05) is 0 Å². The molecule has 0 radical (unpaired) electrons. The summed E-state index contributed by atoms with van der Waals surface area (Å²) in [5.74, 6) is 28.9. The molecule has 0 spiro atoms. The molecule has 0 heterocycles. The van der Waals surface area contributed by atoms with Crippen LogP contribution in [0, 0.1) is 88.9 Å². The molecule has 0 N–H and O–H groups in total. The average molecular weight is 839 g/mol. The molecule has 10 rings (SSSR count). The Balaban J connectivity index is 1.11. The quantitative estimate of drug-likeness (QED) is 0.114. The molecule has 0 bridgehead atoms. The van der Waals surface area contributed by atoms with E-state index in [0.29, 0.717) is 0 Å². The Hall–Kier alpha value is -8.52. The summed E-state index contributed by atoms with van der Waals surface area (Å²) in [5, 5.41) is 8.84. The lowest BCUT2D eigenvalue weighted by Gasteiger charge is -2.21. The Kier molecular flexibility index (Phi) is 11.0. The van der Waals surface area contributed by atoms with Crippen LogP contribution in [0.5, 0.6) is 0 Å². The summed E-state index contributed by atoms with van der Waals surface area (Å²) in [6.45, 7) is 13.3. The van der Waals surface area contributed by atoms with E-state index in [1.54, 1.807) is 0 Å². The zero-order valence-electron chi connectivity index (χ0n) is 38.2. The predicted octanol–water partition coefficient (Wildman–Crippen LogP) is 15.4. The van der Waals surface area contributed by atoms with Gasteiger partial charge in [0, 0.05) is 44.5 Å². The van der Waals surface area contributed by atoms with Crippen LogP contribution in [0.3, 0.4) is 0 Å². The first-order chi connectivity index (χ1) is 32.3. The first-order valence-corrected chi connectivity index (χ1v) is 22.5. The fourth-order valence-electron chi connectivity index (χ4n) is 9.88. The maximum absolute atomic E-state index is 3.74. The topological polar surface area (TPSA) is 0 Å². The van der Waals surface area contributed by atoms with E-state index < -0.39 is 0 Å². The van der Waals surface area contributed by atoms with Gasteiger partial charge >= 0.3 is 0 Å². The summed E-state index contributed by atoms with van der Waals surface area (Å²) < 4.78 is 0. The highest BCUT2D eigenvalue weighted by atomic mass is 14.2. The molecule has 0 fully saturated rings. The second-order valence-electron chi connectivity index (χ2n) is 17.2. The van der Waals surface area contributed by atoms with Crippen molar-refractivity contribution >= 4 is 43.1 Å². The van der Waals surface area contributed by atoms with Crippen molar-refractivity contribution in [2.24, 2.45) is 0 Å². The monoisotopic (exact) mass is 838 g/mol. The molecular formula is C66H46. The molecule has 0 saturated heterocycles. The molecule has 0 aliphatic heterocycles. The van der Waals surface area contributed by atoms with E-state index in [-0.39, 0.29) is 0 Å². The molecule has 0 saturated carbocycles. The number of hydrogen-bond donors (Lipinski definition) is 0. The minimum Gasteiger partial charge on any atom is -0.0622 e. The Labute approximate surface area is 389 Å². The normalized spacial score (nSPS) is 10.7. The fraction of sp³-hybridized carbons (Fsp3) is 0.0909. The molecule has 0 unspecified atom stereocenters. The van der Waals surface area contributed by atoms with Crippen molar-refractivity contribution in [2.45, 2.75) is 41.5 Å². The van der Waals surface area contributed by atoms with Gasteiger partial charge in [-0.25, -0.2) is 0 Å². The van der Waals surface area contributed by atoms with E-state index in [0.717, 1.165) is 87.6 Å². The van der Waals surface area contributed by atoms with Gasteiger partial charge in [0.2, 0.25) is 0 Å². The third-order valence-electron chi connectivity index (χ3n) is 12.9. The zero-order valence-corrected chi connectivity index (χ0v) is 38.2. The number of aryl methyl sites for hydroxylation is 4. The number of benzene rings is 10. The Morgan fingerprint density at radius 2 is 0.455 bits per heavy atom. The molecule has 0 aliphatic carbocycles. The maximum Gasteiger partial charge on any atom is 0.0406 e. The molecular weight excluding hydrogens is 793 g/mol. The minimum absolute atomic E-state index is 0.992. The lowest BCUT2D eigenvalue weighted by atomic mass is 9.83. The van der Waals surface area contributed by atoms with Gasteiger partial charge in [-0.3, -0.25) is 0 Å². The van der Waals surface area contributed by atoms with Crippen LogP contribution < -0.4 is 0 Å². The second-order valence-corrected chi connectivity index (χ2v) is 17.2. The van der Waals surface area contributed by atoms with Gasteiger partial charge < -0.3 is 0 Å². The van der Waals surface area contributed by atoms with Gasteiger partial charge in [0.1, 0.15) is 0 Å². The molecule has 66 heavy (non-hydrogen) atoms. The van der Waals surface area contributed by atoms with Gasteiger partial charge in [0.05, 0.1) is 0 Å². The van der Waals surface area contributed by atoms with Gasteiger partial charge in [0.25, 0.3) is 0 Å². The molecule has 0 aromatic heterocycles. The fourth-order valence-corrected chi connectivity index (χ4v) is 9.88. The standard InChI is InChI=1S/C66H46/c1-43-41-45(3)65(47(5)51(43)37-39-63-57-29-17-13-25-53(57)61(54-26-14-18-30-58(54)63)35-33-49-21-9-7-10-22-49)66-46(4)42-44(2)52(48(66)6)38-40-64-59-31-19-15-27-55(59)62(56-28-16-20-32-60(56)64)36-34-50-23-11-8-12-24-50/h7-32,41-42H,1-6H3. The van der Waals surface area contributed by atoms with E-state index in [9.17, 15) is 0 Å². The van der Waals surface area contributed by atoms with Crippen LogP contribution in [0.2, 0.25) is 0 Å². The van der Waals surface area contributed by atoms with Crippen molar-refractivity contribution in [1.29, 1.82) is 0 Å². The van der Waals surface area contributed by atoms with Crippen LogP contribution in [0.4, 0.5) is 0 Å². The summed E-state index contributed by atoms with van der Waals surface area (Å²) in [7, 11) is 0. The van der Waals surface area contributed by atoms with Crippen LogP contribution in [-0.4, -0.2) is 0 Å². The maximum atomic E-state index is 3.74. The van der Waals surface area contributed by atoms with Gasteiger partial charge in [-0.1, -0.05) is 193 Å². The summed E-state index contributed by atoms with van der Waals surface area (Å²) in [6, 6.07) is 59.2. The Morgan fingerprint density at radius 3 is 0.727 bits per heavy atom.